The summed E-state index contributed by atoms with van der Waals surface area (Å²) in [5.74, 6) is 1.63. The third-order valence-corrected chi connectivity index (χ3v) is 2.62. The molecule has 0 spiro atoms. The second kappa shape index (κ2) is 5.23. The van der Waals surface area contributed by atoms with E-state index in [1.807, 2.05) is 31.0 Å². The van der Waals surface area contributed by atoms with E-state index in [-0.39, 0.29) is 5.92 Å². The molecule has 0 radical (unpaired) electrons. The van der Waals surface area contributed by atoms with Crippen LogP contribution in [0.4, 0.5) is 5.82 Å². The molecule has 2 aromatic rings. The van der Waals surface area contributed by atoms with Crippen molar-refractivity contribution in [2.45, 2.75) is 12.8 Å². The van der Waals surface area contributed by atoms with Crippen LogP contribution in [0.5, 0.6) is 0 Å². The molecule has 0 saturated heterocycles. The topological polar surface area (TPSA) is 94.4 Å². The first kappa shape index (κ1) is 12.0. The van der Waals surface area contributed by atoms with Gasteiger partial charge in [0.25, 0.3) is 0 Å². The zero-order chi connectivity index (χ0) is 13.0. The van der Waals surface area contributed by atoms with E-state index in [4.69, 9.17) is 5.26 Å². The molecule has 0 aromatic carbocycles. The Morgan fingerprint density at radius 2 is 2.33 bits per heavy atom. The van der Waals surface area contributed by atoms with Crippen molar-refractivity contribution in [1.82, 2.24) is 25.6 Å². The summed E-state index contributed by atoms with van der Waals surface area (Å²) in [5, 5.41) is 22.6. The molecule has 0 bridgehead atoms. The predicted octanol–water partition coefficient (Wildman–Crippen LogP) is 0.706. The lowest BCUT2D eigenvalue weighted by Crippen LogP contribution is -2.24. The molecule has 1 unspecified atom stereocenters. The Bertz CT molecular complexity index is 526. The fraction of sp³-hybridized carbons (Fsp3) is 0.364. The molecule has 7 heteroatoms. The molecular formula is C11H13N7. The molecule has 1 N–H and O–H groups in total. The molecule has 18 heavy (non-hydrogen) atoms. The molecule has 0 amide bonds. The van der Waals surface area contributed by atoms with Gasteiger partial charge in [0.2, 0.25) is 0 Å². The number of aromatic nitrogens is 5. The summed E-state index contributed by atoms with van der Waals surface area (Å²) in [4.78, 5) is 6.21. The van der Waals surface area contributed by atoms with Gasteiger partial charge in [-0.05, 0) is 12.1 Å². The maximum Gasteiger partial charge on any atom is 0.179 e. The van der Waals surface area contributed by atoms with E-state index in [9.17, 15) is 0 Å². The summed E-state index contributed by atoms with van der Waals surface area (Å²) in [6.07, 6.45) is 1.56. The number of tetrazole rings is 1. The Kier molecular flexibility index (Phi) is 3.48. The molecule has 1 atom stereocenters. The first-order valence-corrected chi connectivity index (χ1v) is 5.51. The van der Waals surface area contributed by atoms with Crippen LogP contribution in [0.3, 0.4) is 0 Å². The van der Waals surface area contributed by atoms with Crippen LogP contribution in [-0.4, -0.2) is 39.2 Å². The van der Waals surface area contributed by atoms with Gasteiger partial charge in [-0.25, -0.2) is 4.98 Å². The average molecular weight is 243 g/mol. The fourth-order valence-electron chi connectivity index (χ4n) is 1.64. The molecule has 0 aliphatic carbocycles. The maximum atomic E-state index is 8.71. The Morgan fingerprint density at radius 1 is 1.50 bits per heavy atom. The van der Waals surface area contributed by atoms with E-state index in [1.165, 1.54) is 0 Å². The number of hydrogen-bond donors (Lipinski definition) is 1. The Hall–Kier alpha value is -2.49. The van der Waals surface area contributed by atoms with Crippen molar-refractivity contribution >= 4 is 5.82 Å². The van der Waals surface area contributed by atoms with Gasteiger partial charge in [0.15, 0.2) is 5.82 Å². The summed E-state index contributed by atoms with van der Waals surface area (Å²) >= 11 is 0. The quantitative estimate of drug-likeness (QED) is 0.849. The van der Waals surface area contributed by atoms with Gasteiger partial charge in [0.05, 0.1) is 5.56 Å². The molecular weight excluding hydrogens is 230 g/mol. The van der Waals surface area contributed by atoms with Crippen molar-refractivity contribution in [2.75, 3.05) is 18.5 Å². The summed E-state index contributed by atoms with van der Waals surface area (Å²) in [6, 6.07) is 5.61. The lowest BCUT2D eigenvalue weighted by molar-refractivity contribution is 0.682. The Labute approximate surface area is 104 Å². The normalized spacial score (nSPS) is 11.8. The number of nitriles is 1. The van der Waals surface area contributed by atoms with Crippen molar-refractivity contribution in [2.24, 2.45) is 0 Å². The zero-order valence-corrected chi connectivity index (χ0v) is 10.2. The van der Waals surface area contributed by atoms with Crippen molar-refractivity contribution in [3.63, 3.8) is 0 Å². The van der Waals surface area contributed by atoms with Crippen LogP contribution in [0.1, 0.15) is 24.2 Å². The van der Waals surface area contributed by atoms with Crippen LogP contribution < -0.4 is 4.90 Å². The van der Waals surface area contributed by atoms with E-state index in [1.54, 1.807) is 12.3 Å². The van der Waals surface area contributed by atoms with Gasteiger partial charge >= 0.3 is 0 Å². The van der Waals surface area contributed by atoms with Gasteiger partial charge in [0.1, 0.15) is 11.9 Å². The van der Waals surface area contributed by atoms with Crippen LogP contribution in [0.2, 0.25) is 0 Å². The Balaban J connectivity index is 2.03. The minimum absolute atomic E-state index is 0.145. The van der Waals surface area contributed by atoms with Crippen molar-refractivity contribution < 1.29 is 0 Å². The van der Waals surface area contributed by atoms with Crippen LogP contribution in [0.15, 0.2) is 18.3 Å². The highest BCUT2D eigenvalue weighted by Gasteiger charge is 2.13. The van der Waals surface area contributed by atoms with Crippen molar-refractivity contribution in [1.29, 1.82) is 5.26 Å². The molecule has 0 aliphatic rings. The highest BCUT2D eigenvalue weighted by atomic mass is 15.5. The van der Waals surface area contributed by atoms with Crippen molar-refractivity contribution in [3.8, 4) is 6.07 Å². The maximum absolute atomic E-state index is 8.71. The molecule has 2 heterocycles. The van der Waals surface area contributed by atoms with Crippen molar-refractivity contribution in [3.05, 3.63) is 29.7 Å². The summed E-state index contributed by atoms with van der Waals surface area (Å²) < 4.78 is 0. The van der Waals surface area contributed by atoms with Crippen LogP contribution in [-0.2, 0) is 0 Å². The number of nitrogens with zero attached hydrogens (tertiary/aromatic N) is 6. The third kappa shape index (κ3) is 2.60. The lowest BCUT2D eigenvalue weighted by Gasteiger charge is -2.20. The molecule has 0 aliphatic heterocycles. The van der Waals surface area contributed by atoms with E-state index in [0.717, 1.165) is 12.4 Å². The highest BCUT2D eigenvalue weighted by Crippen LogP contribution is 2.15. The molecule has 0 fully saturated rings. The van der Waals surface area contributed by atoms with E-state index in [2.05, 4.69) is 25.6 Å². The molecule has 92 valence electrons. The predicted molar refractivity (Wildman–Crippen MR) is 64.8 cm³/mol. The number of aromatic amines is 1. The summed E-state index contributed by atoms with van der Waals surface area (Å²) in [6.45, 7) is 2.74. The first-order valence-electron chi connectivity index (χ1n) is 5.51. The fourth-order valence-corrected chi connectivity index (χ4v) is 1.64. The summed E-state index contributed by atoms with van der Waals surface area (Å²) in [7, 11) is 1.94. The summed E-state index contributed by atoms with van der Waals surface area (Å²) in [5.41, 5.74) is 0.554. The zero-order valence-electron chi connectivity index (χ0n) is 10.2. The van der Waals surface area contributed by atoms with Crippen LogP contribution in [0.25, 0.3) is 0 Å². The van der Waals surface area contributed by atoms with Gasteiger partial charge in [-0.15, -0.1) is 10.2 Å². The lowest BCUT2D eigenvalue weighted by atomic mass is 10.1. The SMILES string of the molecule is CC(CN(C)c1ccc(C#N)cn1)c1nn[nH]n1. The first-order chi connectivity index (χ1) is 8.70. The number of nitrogens with one attached hydrogen (secondary N) is 1. The number of anilines is 1. The third-order valence-electron chi connectivity index (χ3n) is 2.62. The number of pyridine rings is 1. The van der Waals surface area contributed by atoms with E-state index >= 15 is 0 Å². The number of hydrogen-bond acceptors (Lipinski definition) is 6. The minimum atomic E-state index is 0.145. The standard InChI is InChI=1S/C11H13N7/c1-8(11-14-16-17-15-11)7-18(2)10-4-3-9(5-12)6-13-10/h3-4,6,8H,7H2,1-2H3,(H,14,15,16,17). The second-order valence-electron chi connectivity index (χ2n) is 4.07. The Morgan fingerprint density at radius 3 is 2.89 bits per heavy atom. The van der Waals surface area contributed by atoms with E-state index < -0.39 is 0 Å². The second-order valence-corrected chi connectivity index (χ2v) is 4.07. The van der Waals surface area contributed by atoms with Gasteiger partial charge < -0.3 is 4.90 Å². The number of rotatable bonds is 4. The molecule has 0 saturated carbocycles. The number of likely N-dealkylation sites (N-methyl/N-ethyl adjacent to an activating group) is 1. The average Bonchev–Trinajstić information content (AvgIpc) is 2.92. The van der Waals surface area contributed by atoms with Crippen LogP contribution >= 0.6 is 0 Å². The smallest absolute Gasteiger partial charge is 0.179 e. The van der Waals surface area contributed by atoms with Gasteiger partial charge in [-0.2, -0.15) is 10.5 Å². The monoisotopic (exact) mass is 243 g/mol. The molecule has 2 aromatic heterocycles. The highest BCUT2D eigenvalue weighted by molar-refractivity contribution is 5.41. The minimum Gasteiger partial charge on any atom is -0.359 e. The van der Waals surface area contributed by atoms with Gasteiger partial charge in [-0.3, -0.25) is 0 Å². The number of H-pyrrole nitrogens is 1. The van der Waals surface area contributed by atoms with E-state index in [0.29, 0.717) is 11.4 Å². The largest absolute Gasteiger partial charge is 0.359 e. The molecule has 7 nitrogen and oxygen atoms in total. The van der Waals surface area contributed by atoms with Gasteiger partial charge in [0, 0.05) is 25.7 Å². The molecule has 2 rings (SSSR count). The van der Waals surface area contributed by atoms with Crippen LogP contribution in [0, 0.1) is 11.3 Å². The van der Waals surface area contributed by atoms with Gasteiger partial charge in [-0.1, -0.05) is 12.1 Å².